The Morgan fingerprint density at radius 1 is 0.340 bits per heavy atom. The Hall–Kier alpha value is -0.360. The fourth-order valence-corrected chi connectivity index (χ4v) is 7.27. The van der Waals surface area contributed by atoms with Crippen molar-refractivity contribution in [2.75, 3.05) is 13.1 Å². The number of nitrogens with two attached hydrogens (primary N) is 1. The van der Waals surface area contributed by atoms with E-state index >= 15 is 0 Å². The Balaban J connectivity index is 0. The Bertz CT molecular complexity index is 618. The highest BCUT2D eigenvalue weighted by Gasteiger charge is 2.08. The topological polar surface area (TPSA) is 63.4 Å². The van der Waals surface area contributed by atoms with Crippen molar-refractivity contribution in [1.82, 2.24) is 4.90 Å². The van der Waals surface area contributed by atoms with E-state index in [0.717, 1.165) is 25.9 Å². The lowest BCUT2D eigenvalue weighted by Gasteiger charge is -2.20. The number of primary amides is 1. The number of hydrogen-bond acceptors (Lipinski definition) is 2. The lowest BCUT2D eigenvalue weighted by molar-refractivity contribution is 0.220. The molecule has 0 aliphatic rings. The summed E-state index contributed by atoms with van der Waals surface area (Å²) < 4.78 is 0. The van der Waals surface area contributed by atoms with Crippen molar-refractivity contribution in [2.24, 2.45) is 5.73 Å². The predicted octanol–water partition coefficient (Wildman–Crippen LogP) is 16.2. The van der Waals surface area contributed by atoms with Crippen LogP contribution in [0.25, 0.3) is 0 Å². The molecule has 0 heterocycles. The van der Waals surface area contributed by atoms with Crippen molar-refractivity contribution in [1.29, 1.82) is 0 Å². The van der Waals surface area contributed by atoms with Crippen LogP contribution >= 0.6 is 25.3 Å². The molecule has 2 amide bonds. The van der Waals surface area contributed by atoms with Gasteiger partial charge in [-0.3, -0.25) is 9.59 Å². The summed E-state index contributed by atoms with van der Waals surface area (Å²) in [5.74, 6) is 0. The van der Waals surface area contributed by atoms with Crippen LogP contribution < -0.4 is 5.73 Å². The Kier molecular flexibility index (Phi) is 48.3. The average Bonchev–Trinajstić information content (AvgIpc) is 3.09. The third-order valence-electron chi connectivity index (χ3n) is 10.3. The fraction of sp³-hybridized carbons (Fsp3) is 0.955. The zero-order valence-electron chi connectivity index (χ0n) is 34.0. The number of unbranched alkanes of at least 4 members (excludes halogenated alkanes) is 36. The molecule has 0 aliphatic heterocycles. The number of hydrogen-bond donors (Lipinski definition) is 3. The molecular weight excluding hydrogens is 653 g/mol. The number of amides is 2. The molecule has 0 radical (unpaired) electrons. The minimum Gasteiger partial charge on any atom is -0.361 e. The molecule has 0 unspecified atom stereocenters. The van der Waals surface area contributed by atoms with Crippen molar-refractivity contribution in [2.45, 2.75) is 258 Å². The normalized spacial score (nSPS) is 11.0. The predicted molar refractivity (Wildman–Crippen MR) is 231 cm³/mol. The van der Waals surface area contributed by atoms with Gasteiger partial charge in [-0.1, -0.05) is 270 Å². The van der Waals surface area contributed by atoms with Crippen LogP contribution in [0.2, 0.25) is 0 Å². The number of carbonyl (C=O) groups excluding carboxylic acids is 2. The van der Waals surface area contributed by atoms with E-state index in [-0.39, 0.29) is 5.24 Å². The van der Waals surface area contributed by atoms with Gasteiger partial charge in [-0.05, 0) is 12.8 Å². The second kappa shape index (κ2) is 46.7. The largest absolute Gasteiger partial charge is 0.361 e. The first-order chi connectivity index (χ1) is 24.5. The van der Waals surface area contributed by atoms with Crippen molar-refractivity contribution in [3.05, 3.63) is 0 Å². The molecule has 0 aromatic rings. The summed E-state index contributed by atoms with van der Waals surface area (Å²) in [5, 5.41) is -0.662. The third kappa shape index (κ3) is 49.8. The van der Waals surface area contributed by atoms with E-state index in [1.54, 1.807) is 0 Å². The van der Waals surface area contributed by atoms with Crippen LogP contribution in [0.5, 0.6) is 0 Å². The molecular formula is C44H90N2O2S2. The molecule has 0 aromatic carbocycles. The van der Waals surface area contributed by atoms with Crippen molar-refractivity contribution >= 4 is 35.7 Å². The van der Waals surface area contributed by atoms with Crippen LogP contribution in [0.4, 0.5) is 9.59 Å². The van der Waals surface area contributed by atoms with Crippen molar-refractivity contribution < 1.29 is 9.59 Å². The van der Waals surface area contributed by atoms with Crippen molar-refractivity contribution in [3.8, 4) is 0 Å². The van der Waals surface area contributed by atoms with Gasteiger partial charge < -0.3 is 10.6 Å². The molecule has 0 saturated carbocycles. The summed E-state index contributed by atoms with van der Waals surface area (Å²) in [6, 6.07) is 0. The Morgan fingerprint density at radius 2 is 0.480 bits per heavy atom. The summed E-state index contributed by atoms with van der Waals surface area (Å²) in [6.07, 6.45) is 53.4. The molecule has 50 heavy (non-hydrogen) atoms. The van der Waals surface area contributed by atoms with Crippen LogP contribution in [0, 0.1) is 0 Å². The van der Waals surface area contributed by atoms with Crippen LogP contribution in [-0.4, -0.2) is 28.5 Å². The van der Waals surface area contributed by atoms with Gasteiger partial charge in [0.1, 0.15) is 0 Å². The van der Waals surface area contributed by atoms with E-state index in [2.05, 4.69) is 44.8 Å². The highest BCUT2D eigenvalue weighted by Crippen LogP contribution is 2.17. The Labute approximate surface area is 325 Å². The number of thiol groups is 2. The van der Waals surface area contributed by atoms with Gasteiger partial charge in [-0.15, -0.1) is 0 Å². The van der Waals surface area contributed by atoms with Gasteiger partial charge in [0.25, 0.3) is 10.5 Å². The third-order valence-corrected chi connectivity index (χ3v) is 10.6. The monoisotopic (exact) mass is 743 g/mol. The van der Waals surface area contributed by atoms with Crippen LogP contribution in [0.1, 0.15) is 258 Å². The standard InChI is InChI=1S/C43H87NOS.CH3NOS/c1-3-5-7-9-11-13-15-17-19-21-23-25-27-29-31-33-35-37-39-41-44(43(45)46)42-40-38-36-34-32-30-28-26-24-22-20-18-16-14-12-10-8-6-4-2;2-1(3)4/h3-42H2,1-2H3,(H,45,46);(H3,2,3,4). The van der Waals surface area contributed by atoms with Gasteiger partial charge in [0.2, 0.25) is 0 Å². The second-order valence-corrected chi connectivity index (χ2v) is 16.2. The van der Waals surface area contributed by atoms with E-state index in [1.807, 2.05) is 4.90 Å². The molecule has 6 heteroatoms. The molecule has 0 atom stereocenters. The summed E-state index contributed by atoms with van der Waals surface area (Å²) >= 11 is 7.27. The molecule has 300 valence electrons. The summed E-state index contributed by atoms with van der Waals surface area (Å²) in [7, 11) is 0. The van der Waals surface area contributed by atoms with Gasteiger partial charge in [-0.25, -0.2) is 0 Å². The molecule has 4 nitrogen and oxygen atoms in total. The first kappa shape index (κ1) is 51.7. The Morgan fingerprint density at radius 3 is 0.620 bits per heavy atom. The van der Waals surface area contributed by atoms with E-state index in [1.165, 1.54) is 231 Å². The molecule has 0 rings (SSSR count). The maximum atomic E-state index is 12.0. The first-order valence-corrected chi connectivity index (χ1v) is 23.3. The minimum absolute atomic E-state index is 0.0233. The lowest BCUT2D eigenvalue weighted by Crippen LogP contribution is -2.28. The molecule has 0 saturated heterocycles. The van der Waals surface area contributed by atoms with Gasteiger partial charge in [-0.2, -0.15) is 0 Å². The average molecular weight is 743 g/mol. The SMILES string of the molecule is CCCCCCCCCCCCCCCCCCCCCN(CCCCCCCCCCCCCCCCCCCCC)C(=O)S.NC(=O)S. The number of rotatable bonds is 40. The van der Waals surface area contributed by atoms with E-state index in [0.29, 0.717) is 0 Å². The van der Waals surface area contributed by atoms with Crippen molar-refractivity contribution in [3.63, 3.8) is 0 Å². The maximum Gasteiger partial charge on any atom is 0.278 e. The molecule has 0 spiro atoms. The smallest absolute Gasteiger partial charge is 0.278 e. The van der Waals surface area contributed by atoms with Crippen LogP contribution in [0.3, 0.4) is 0 Å². The maximum absolute atomic E-state index is 12.0. The fourth-order valence-electron chi connectivity index (χ4n) is 7.07. The van der Waals surface area contributed by atoms with E-state index in [9.17, 15) is 4.79 Å². The highest BCUT2D eigenvalue weighted by molar-refractivity contribution is 7.96. The number of nitrogens with zero attached hydrogens (tertiary/aromatic N) is 1. The van der Waals surface area contributed by atoms with Crippen LogP contribution in [-0.2, 0) is 0 Å². The van der Waals surface area contributed by atoms with Crippen LogP contribution in [0.15, 0.2) is 0 Å². The summed E-state index contributed by atoms with van der Waals surface area (Å²) in [4.78, 5) is 23.1. The van der Waals surface area contributed by atoms with E-state index < -0.39 is 5.24 Å². The molecule has 0 fully saturated rings. The molecule has 0 aliphatic carbocycles. The molecule has 2 N–H and O–H groups in total. The van der Waals surface area contributed by atoms with E-state index in [4.69, 9.17) is 4.79 Å². The highest BCUT2D eigenvalue weighted by atomic mass is 32.1. The first-order valence-electron chi connectivity index (χ1n) is 22.4. The lowest BCUT2D eigenvalue weighted by atomic mass is 10.0. The zero-order chi connectivity index (χ0) is 37.0. The summed E-state index contributed by atoms with van der Waals surface area (Å²) in [5.41, 5.74) is 4.34. The number of carbonyl (C=O) groups is 2. The zero-order valence-corrected chi connectivity index (χ0v) is 35.8. The van der Waals surface area contributed by atoms with Gasteiger partial charge in [0.15, 0.2) is 0 Å². The quantitative estimate of drug-likeness (QED) is 0.0432. The van der Waals surface area contributed by atoms with Gasteiger partial charge in [0, 0.05) is 13.1 Å². The molecule has 0 bridgehead atoms. The minimum atomic E-state index is -0.639. The second-order valence-electron chi connectivity index (χ2n) is 15.3. The van der Waals surface area contributed by atoms with Gasteiger partial charge in [0.05, 0.1) is 0 Å². The summed E-state index contributed by atoms with van der Waals surface area (Å²) in [6.45, 7) is 6.41. The molecule has 0 aromatic heterocycles. The van der Waals surface area contributed by atoms with Gasteiger partial charge >= 0.3 is 0 Å².